The predicted molar refractivity (Wildman–Crippen MR) is 61.7 cm³/mol. The van der Waals surface area contributed by atoms with Crippen LogP contribution < -0.4 is 0 Å². The highest BCUT2D eigenvalue weighted by molar-refractivity contribution is 5.69. The third-order valence-corrected chi connectivity index (χ3v) is 3.30. The summed E-state index contributed by atoms with van der Waals surface area (Å²) in [6.45, 7) is 4.09. The molecule has 0 aromatic carbocycles. The van der Waals surface area contributed by atoms with Gasteiger partial charge in [-0.2, -0.15) is 0 Å². The Hall–Kier alpha value is -0.530. The molecule has 0 aromatic rings. The smallest absolute Gasteiger partial charge is 0.305 e. The molecule has 0 saturated heterocycles. The Kier molecular flexibility index (Phi) is 5.74. The third kappa shape index (κ3) is 4.67. The number of carbonyl (C=O) groups is 1. The van der Waals surface area contributed by atoms with Gasteiger partial charge in [0.2, 0.25) is 0 Å². The number of unbranched alkanes of at least 4 members (excludes halogenated alkanes) is 2. The molecule has 0 amide bonds. The Morgan fingerprint density at radius 2 is 2.07 bits per heavy atom. The zero-order valence-corrected chi connectivity index (χ0v) is 10.1. The normalized spacial score (nSPS) is 25.5. The molecule has 2 nitrogen and oxygen atoms in total. The largest absolute Gasteiger partial charge is 0.462 e. The third-order valence-electron chi connectivity index (χ3n) is 3.30. The van der Waals surface area contributed by atoms with Gasteiger partial charge in [-0.15, -0.1) is 0 Å². The van der Waals surface area contributed by atoms with Gasteiger partial charge >= 0.3 is 5.97 Å². The first-order chi connectivity index (χ1) is 7.26. The second-order valence-corrected chi connectivity index (χ2v) is 4.64. The molecule has 0 aliphatic heterocycles. The van der Waals surface area contributed by atoms with Crippen LogP contribution in [0.15, 0.2) is 0 Å². The number of carbonyl (C=O) groups excluding carboxylic acids is 1. The molecule has 1 fully saturated rings. The fourth-order valence-electron chi connectivity index (χ4n) is 2.35. The minimum absolute atomic E-state index is 0.0331. The molecular formula is C13H24O2. The average Bonchev–Trinajstić information content (AvgIpc) is 2.66. The van der Waals surface area contributed by atoms with Gasteiger partial charge in [-0.25, -0.2) is 0 Å². The number of hydrogen-bond donors (Lipinski definition) is 0. The van der Waals surface area contributed by atoms with Crippen LogP contribution in [0.5, 0.6) is 0 Å². The molecule has 0 spiro atoms. The first-order valence-corrected chi connectivity index (χ1v) is 6.45. The van der Waals surface area contributed by atoms with Crippen molar-refractivity contribution in [3.8, 4) is 0 Å². The minimum Gasteiger partial charge on any atom is -0.462 e. The van der Waals surface area contributed by atoms with Crippen LogP contribution in [0.3, 0.4) is 0 Å². The van der Waals surface area contributed by atoms with E-state index in [1.165, 1.54) is 32.1 Å². The van der Waals surface area contributed by atoms with Gasteiger partial charge in [-0.3, -0.25) is 4.79 Å². The zero-order chi connectivity index (χ0) is 11.1. The Balaban J connectivity index is 2.12. The van der Waals surface area contributed by atoms with Crippen LogP contribution >= 0.6 is 0 Å². The Labute approximate surface area is 93.4 Å². The SMILES string of the molecule is CCCCCC1CCC(OC(=O)CC)C1. The van der Waals surface area contributed by atoms with Gasteiger partial charge in [0.1, 0.15) is 6.10 Å². The van der Waals surface area contributed by atoms with Crippen molar-refractivity contribution < 1.29 is 9.53 Å². The summed E-state index contributed by atoms with van der Waals surface area (Å²) in [5, 5.41) is 0. The summed E-state index contributed by atoms with van der Waals surface area (Å²) in [6.07, 6.45) is 9.49. The van der Waals surface area contributed by atoms with Crippen molar-refractivity contribution in [3.05, 3.63) is 0 Å². The highest BCUT2D eigenvalue weighted by Gasteiger charge is 2.26. The maximum atomic E-state index is 11.1. The van der Waals surface area contributed by atoms with E-state index in [4.69, 9.17) is 4.74 Å². The zero-order valence-electron chi connectivity index (χ0n) is 10.1. The second-order valence-electron chi connectivity index (χ2n) is 4.64. The standard InChI is InChI=1S/C13H24O2/c1-3-5-6-7-11-8-9-12(10-11)15-13(14)4-2/h11-12H,3-10H2,1-2H3. The number of esters is 1. The number of hydrogen-bond acceptors (Lipinski definition) is 2. The van der Waals surface area contributed by atoms with Gasteiger partial charge in [0, 0.05) is 6.42 Å². The molecule has 0 radical (unpaired) electrons. The maximum absolute atomic E-state index is 11.1. The molecule has 0 heterocycles. The van der Waals surface area contributed by atoms with Gasteiger partial charge < -0.3 is 4.74 Å². The molecule has 1 aliphatic rings. The summed E-state index contributed by atoms with van der Waals surface area (Å²) >= 11 is 0. The van der Waals surface area contributed by atoms with Crippen molar-refractivity contribution in [2.24, 2.45) is 5.92 Å². The lowest BCUT2D eigenvalue weighted by Gasteiger charge is -2.12. The molecule has 0 N–H and O–H groups in total. The highest BCUT2D eigenvalue weighted by atomic mass is 16.5. The lowest BCUT2D eigenvalue weighted by Crippen LogP contribution is -2.14. The molecular weight excluding hydrogens is 188 g/mol. The van der Waals surface area contributed by atoms with Gasteiger partial charge in [-0.1, -0.05) is 39.5 Å². The van der Waals surface area contributed by atoms with Crippen LogP contribution in [-0.2, 0) is 9.53 Å². The fraction of sp³-hybridized carbons (Fsp3) is 0.923. The summed E-state index contributed by atoms with van der Waals surface area (Å²) in [4.78, 5) is 11.1. The lowest BCUT2D eigenvalue weighted by atomic mass is 10.00. The van der Waals surface area contributed by atoms with E-state index in [2.05, 4.69) is 6.92 Å². The van der Waals surface area contributed by atoms with Crippen LogP contribution in [0.25, 0.3) is 0 Å². The Bertz CT molecular complexity index is 189. The van der Waals surface area contributed by atoms with Crippen LogP contribution in [0.2, 0.25) is 0 Å². The molecule has 2 heteroatoms. The molecule has 88 valence electrons. The van der Waals surface area contributed by atoms with Crippen LogP contribution in [-0.4, -0.2) is 12.1 Å². The van der Waals surface area contributed by atoms with Crippen LogP contribution in [0.4, 0.5) is 0 Å². The molecule has 2 atom stereocenters. The van der Waals surface area contributed by atoms with Crippen molar-refractivity contribution in [1.29, 1.82) is 0 Å². The van der Waals surface area contributed by atoms with Crippen molar-refractivity contribution >= 4 is 5.97 Å². The van der Waals surface area contributed by atoms with Crippen LogP contribution in [0, 0.1) is 5.92 Å². The highest BCUT2D eigenvalue weighted by Crippen LogP contribution is 2.31. The van der Waals surface area contributed by atoms with E-state index in [1.807, 2.05) is 6.92 Å². The monoisotopic (exact) mass is 212 g/mol. The molecule has 0 aromatic heterocycles. The Morgan fingerprint density at radius 1 is 1.27 bits per heavy atom. The molecule has 0 bridgehead atoms. The Morgan fingerprint density at radius 3 is 2.73 bits per heavy atom. The summed E-state index contributed by atoms with van der Waals surface area (Å²) in [5.41, 5.74) is 0. The van der Waals surface area contributed by atoms with E-state index in [9.17, 15) is 4.79 Å². The van der Waals surface area contributed by atoms with Crippen molar-refractivity contribution in [2.75, 3.05) is 0 Å². The van der Waals surface area contributed by atoms with Crippen LogP contribution in [0.1, 0.15) is 65.2 Å². The molecule has 1 rings (SSSR count). The quantitative estimate of drug-likeness (QED) is 0.496. The van der Waals surface area contributed by atoms with Gasteiger partial charge in [0.15, 0.2) is 0 Å². The fourth-order valence-corrected chi connectivity index (χ4v) is 2.35. The van der Waals surface area contributed by atoms with Crippen molar-refractivity contribution in [2.45, 2.75) is 71.3 Å². The average molecular weight is 212 g/mol. The summed E-state index contributed by atoms with van der Waals surface area (Å²) in [7, 11) is 0. The molecule has 1 saturated carbocycles. The van der Waals surface area contributed by atoms with E-state index >= 15 is 0 Å². The minimum atomic E-state index is -0.0331. The summed E-state index contributed by atoms with van der Waals surface area (Å²) in [5.74, 6) is 0.778. The van der Waals surface area contributed by atoms with E-state index in [0.717, 1.165) is 18.8 Å². The topological polar surface area (TPSA) is 26.3 Å². The summed E-state index contributed by atoms with van der Waals surface area (Å²) in [6, 6.07) is 0. The van der Waals surface area contributed by atoms with E-state index in [1.54, 1.807) is 0 Å². The second kappa shape index (κ2) is 6.86. The first-order valence-electron chi connectivity index (χ1n) is 6.45. The van der Waals surface area contributed by atoms with E-state index in [-0.39, 0.29) is 12.1 Å². The summed E-state index contributed by atoms with van der Waals surface area (Å²) < 4.78 is 5.36. The first kappa shape index (κ1) is 12.5. The van der Waals surface area contributed by atoms with E-state index < -0.39 is 0 Å². The van der Waals surface area contributed by atoms with Gasteiger partial charge in [0.25, 0.3) is 0 Å². The van der Waals surface area contributed by atoms with E-state index in [0.29, 0.717) is 6.42 Å². The lowest BCUT2D eigenvalue weighted by molar-refractivity contribution is -0.148. The molecule has 1 aliphatic carbocycles. The predicted octanol–water partition coefficient (Wildman–Crippen LogP) is 3.69. The number of rotatable bonds is 6. The van der Waals surface area contributed by atoms with Gasteiger partial charge in [-0.05, 0) is 25.2 Å². The van der Waals surface area contributed by atoms with Crippen molar-refractivity contribution in [1.82, 2.24) is 0 Å². The van der Waals surface area contributed by atoms with Gasteiger partial charge in [0.05, 0.1) is 0 Å². The maximum Gasteiger partial charge on any atom is 0.305 e. The molecule has 2 unspecified atom stereocenters. The molecule has 15 heavy (non-hydrogen) atoms. The number of ether oxygens (including phenoxy) is 1. The van der Waals surface area contributed by atoms with Crippen molar-refractivity contribution in [3.63, 3.8) is 0 Å².